The minimum atomic E-state index is -0.242. The van der Waals surface area contributed by atoms with Gasteiger partial charge in [-0.25, -0.2) is 0 Å². The second-order valence-corrected chi connectivity index (χ2v) is 2.75. The van der Waals surface area contributed by atoms with Crippen molar-refractivity contribution >= 4 is 22.6 Å². The molecule has 2 aromatic rings. The molecule has 2 rings (SSSR count). The Bertz CT molecular complexity index is 518. The Hall–Kier alpha value is -1.28. The van der Waals surface area contributed by atoms with Crippen LogP contribution in [-0.2, 0) is 0 Å². The summed E-state index contributed by atoms with van der Waals surface area (Å²) in [6.45, 7) is 0. The van der Waals surface area contributed by atoms with Crippen LogP contribution >= 0.6 is 11.6 Å². The Morgan fingerprint density at radius 3 is 3.08 bits per heavy atom. The standard InChI is InChI=1S/C9H5ClO2/c10-7-3-1-2-6-8(11)4-5-12-9(6)7/h1-5H/i5D. The predicted molar refractivity (Wildman–Crippen MR) is 47.5 cm³/mol. The van der Waals surface area contributed by atoms with Crippen LogP contribution in [0.4, 0.5) is 0 Å². The Balaban J connectivity index is 3.03. The highest BCUT2D eigenvalue weighted by atomic mass is 35.5. The van der Waals surface area contributed by atoms with Crippen LogP contribution < -0.4 is 5.43 Å². The maximum absolute atomic E-state index is 11.3. The zero-order valence-electron chi connectivity index (χ0n) is 7.00. The SMILES string of the molecule is [2H]c1cc(=O)c2cccc(Cl)c2o1. The second kappa shape index (κ2) is 2.64. The van der Waals surface area contributed by atoms with Crippen molar-refractivity contribution in [2.24, 2.45) is 0 Å². The third-order valence-electron chi connectivity index (χ3n) is 1.58. The molecule has 1 heterocycles. The number of benzene rings is 1. The molecule has 0 radical (unpaired) electrons. The minimum absolute atomic E-state index is 0.175. The van der Waals surface area contributed by atoms with Crippen molar-refractivity contribution < 1.29 is 5.79 Å². The third kappa shape index (κ3) is 1.01. The maximum atomic E-state index is 11.3. The number of rotatable bonds is 0. The quantitative estimate of drug-likeness (QED) is 0.625. The number of para-hydroxylation sites is 1. The molecule has 0 N–H and O–H groups in total. The van der Waals surface area contributed by atoms with Gasteiger partial charge >= 0.3 is 0 Å². The van der Waals surface area contributed by atoms with E-state index in [-0.39, 0.29) is 17.3 Å². The molecule has 0 aliphatic rings. The fraction of sp³-hybridized carbons (Fsp3) is 0. The first-order chi connectivity index (χ1) is 6.18. The lowest BCUT2D eigenvalue weighted by atomic mass is 10.2. The summed E-state index contributed by atoms with van der Waals surface area (Å²) in [5.41, 5.74) is 0.0374. The molecule has 2 nitrogen and oxygen atoms in total. The van der Waals surface area contributed by atoms with Crippen LogP contribution in [0.1, 0.15) is 1.37 Å². The lowest BCUT2D eigenvalue weighted by Crippen LogP contribution is -1.97. The molecule has 0 fully saturated rings. The van der Waals surface area contributed by atoms with E-state index in [1.54, 1.807) is 18.2 Å². The number of fused-ring (bicyclic) bond motifs is 1. The van der Waals surface area contributed by atoms with E-state index < -0.39 is 0 Å². The average molecular weight is 182 g/mol. The van der Waals surface area contributed by atoms with Gasteiger partial charge in [0, 0.05) is 6.07 Å². The van der Waals surface area contributed by atoms with Gasteiger partial charge in [0.2, 0.25) is 0 Å². The Kier molecular flexibility index (Phi) is 1.38. The van der Waals surface area contributed by atoms with Crippen LogP contribution in [0.5, 0.6) is 0 Å². The van der Waals surface area contributed by atoms with Crippen molar-refractivity contribution in [2.75, 3.05) is 0 Å². The summed E-state index contributed by atoms with van der Waals surface area (Å²) >= 11 is 5.79. The van der Waals surface area contributed by atoms with E-state index in [9.17, 15) is 4.79 Å². The molecular formula is C9H5ClO2. The molecule has 1 aromatic heterocycles. The summed E-state index contributed by atoms with van der Waals surface area (Å²) in [6, 6.07) is 6.03. The van der Waals surface area contributed by atoms with Gasteiger partial charge < -0.3 is 4.42 Å². The fourth-order valence-electron chi connectivity index (χ4n) is 1.03. The molecule has 0 bridgehead atoms. The summed E-state index contributed by atoms with van der Waals surface area (Å²) in [5.74, 6) is 0. The van der Waals surface area contributed by atoms with Gasteiger partial charge in [-0.15, -0.1) is 0 Å². The van der Waals surface area contributed by atoms with Crippen LogP contribution in [-0.4, -0.2) is 0 Å². The van der Waals surface area contributed by atoms with E-state index in [0.29, 0.717) is 10.4 Å². The Morgan fingerprint density at radius 1 is 1.42 bits per heavy atom. The van der Waals surface area contributed by atoms with Crippen LogP contribution in [0.2, 0.25) is 5.02 Å². The molecule has 0 atom stereocenters. The van der Waals surface area contributed by atoms with Crippen molar-refractivity contribution in [2.45, 2.75) is 0 Å². The van der Waals surface area contributed by atoms with E-state index in [1.165, 1.54) is 0 Å². The summed E-state index contributed by atoms with van der Waals surface area (Å²) < 4.78 is 12.2. The first kappa shape index (κ1) is 6.26. The molecule has 60 valence electrons. The lowest BCUT2D eigenvalue weighted by Gasteiger charge is -1.95. The summed E-state index contributed by atoms with van der Waals surface area (Å²) in [7, 11) is 0. The fourth-order valence-corrected chi connectivity index (χ4v) is 1.24. The van der Waals surface area contributed by atoms with E-state index in [1.807, 2.05) is 0 Å². The highest BCUT2D eigenvalue weighted by molar-refractivity contribution is 6.34. The lowest BCUT2D eigenvalue weighted by molar-refractivity contribution is 0.602. The molecule has 0 aliphatic heterocycles. The monoisotopic (exact) mass is 181 g/mol. The molecule has 0 amide bonds. The van der Waals surface area contributed by atoms with Crippen LogP contribution in [0.3, 0.4) is 0 Å². The zero-order valence-corrected chi connectivity index (χ0v) is 6.76. The van der Waals surface area contributed by atoms with Crippen LogP contribution in [0.25, 0.3) is 11.0 Å². The average Bonchev–Trinajstić information content (AvgIpc) is 2.07. The van der Waals surface area contributed by atoms with Gasteiger partial charge in [0.25, 0.3) is 0 Å². The van der Waals surface area contributed by atoms with Gasteiger partial charge in [-0.2, -0.15) is 0 Å². The van der Waals surface area contributed by atoms with Crippen molar-refractivity contribution in [3.8, 4) is 0 Å². The van der Waals surface area contributed by atoms with E-state index in [0.717, 1.165) is 6.07 Å². The van der Waals surface area contributed by atoms with Crippen molar-refractivity contribution in [3.05, 3.63) is 45.8 Å². The summed E-state index contributed by atoms with van der Waals surface area (Å²) in [4.78, 5) is 11.3. The highest BCUT2D eigenvalue weighted by Crippen LogP contribution is 2.19. The second-order valence-electron chi connectivity index (χ2n) is 2.35. The van der Waals surface area contributed by atoms with Gasteiger partial charge in [-0.05, 0) is 12.1 Å². The van der Waals surface area contributed by atoms with Gasteiger partial charge in [0.1, 0.15) is 1.37 Å². The molecule has 0 unspecified atom stereocenters. The summed E-state index contributed by atoms with van der Waals surface area (Å²) in [6.07, 6.45) is -0.175. The molecule has 0 spiro atoms. The van der Waals surface area contributed by atoms with E-state index in [2.05, 4.69) is 0 Å². The largest absolute Gasteiger partial charge is 0.463 e. The van der Waals surface area contributed by atoms with Crippen molar-refractivity contribution in [1.82, 2.24) is 0 Å². The smallest absolute Gasteiger partial charge is 0.192 e. The first-order valence-electron chi connectivity index (χ1n) is 3.87. The minimum Gasteiger partial charge on any atom is -0.463 e. The summed E-state index contributed by atoms with van der Waals surface area (Å²) in [5, 5.41) is 0.757. The molecule has 0 saturated heterocycles. The Morgan fingerprint density at radius 2 is 2.25 bits per heavy atom. The van der Waals surface area contributed by atoms with E-state index >= 15 is 0 Å². The first-order valence-corrected chi connectivity index (χ1v) is 3.75. The third-order valence-corrected chi connectivity index (χ3v) is 1.88. The van der Waals surface area contributed by atoms with Crippen molar-refractivity contribution in [1.29, 1.82) is 0 Å². The molecule has 0 saturated carbocycles. The number of hydrogen-bond acceptors (Lipinski definition) is 2. The Labute approximate surface area is 74.8 Å². The van der Waals surface area contributed by atoms with Crippen molar-refractivity contribution in [3.63, 3.8) is 0 Å². The number of halogens is 1. The van der Waals surface area contributed by atoms with Gasteiger partial charge in [0.05, 0.1) is 16.6 Å². The molecule has 3 heteroatoms. The van der Waals surface area contributed by atoms with E-state index in [4.69, 9.17) is 17.4 Å². The molecule has 1 aromatic carbocycles. The molecule has 0 aliphatic carbocycles. The topological polar surface area (TPSA) is 30.2 Å². The number of hydrogen-bond donors (Lipinski definition) is 0. The van der Waals surface area contributed by atoms with Gasteiger partial charge in [-0.3, -0.25) is 4.79 Å². The maximum Gasteiger partial charge on any atom is 0.192 e. The predicted octanol–water partition coefficient (Wildman–Crippen LogP) is 2.45. The molecular weight excluding hydrogens is 176 g/mol. The van der Waals surface area contributed by atoms with Gasteiger partial charge in [0.15, 0.2) is 11.0 Å². The normalized spacial score (nSPS) is 11.6. The highest BCUT2D eigenvalue weighted by Gasteiger charge is 2.01. The van der Waals surface area contributed by atoms with Crippen LogP contribution in [0.15, 0.2) is 39.7 Å². The zero-order chi connectivity index (χ0) is 9.42. The van der Waals surface area contributed by atoms with Crippen LogP contribution in [0, 0.1) is 0 Å². The molecule has 12 heavy (non-hydrogen) atoms. The van der Waals surface area contributed by atoms with Gasteiger partial charge in [-0.1, -0.05) is 17.7 Å².